The fourth-order valence-electron chi connectivity index (χ4n) is 2.28. The van der Waals surface area contributed by atoms with Crippen molar-refractivity contribution in [1.29, 1.82) is 0 Å². The van der Waals surface area contributed by atoms with Crippen molar-refractivity contribution in [2.45, 2.75) is 33.1 Å². The predicted octanol–water partition coefficient (Wildman–Crippen LogP) is 5.33. The minimum absolute atomic E-state index is 0.117. The van der Waals surface area contributed by atoms with Crippen LogP contribution in [0.3, 0.4) is 0 Å². The molecule has 0 fully saturated rings. The minimum atomic E-state index is -4.67. The highest BCUT2D eigenvalue weighted by atomic mass is 19.4. The molecule has 2 rings (SSSR count). The molecule has 0 saturated carbocycles. The number of fused-ring (bicyclic) bond motifs is 1. The van der Waals surface area contributed by atoms with Crippen molar-refractivity contribution in [3.8, 4) is 5.75 Å². The predicted molar refractivity (Wildman–Crippen MR) is 73.8 cm³/mol. The first kappa shape index (κ1) is 14.7. The first-order chi connectivity index (χ1) is 9.40. The van der Waals surface area contributed by atoms with E-state index in [1.165, 1.54) is 6.07 Å². The largest absolute Gasteiger partial charge is 0.573 e. The molecule has 0 saturated heterocycles. The maximum absolute atomic E-state index is 12.5. The van der Waals surface area contributed by atoms with Gasteiger partial charge < -0.3 is 4.74 Å². The van der Waals surface area contributed by atoms with E-state index < -0.39 is 6.36 Å². The number of rotatable bonds is 4. The van der Waals surface area contributed by atoms with Crippen molar-refractivity contribution in [3.63, 3.8) is 0 Å². The molecule has 1 atom stereocenters. The summed E-state index contributed by atoms with van der Waals surface area (Å²) in [6.45, 7) is 4.16. The molecule has 2 aromatic rings. The zero-order valence-electron chi connectivity index (χ0n) is 11.5. The van der Waals surface area contributed by atoms with Crippen LogP contribution in [0.2, 0.25) is 0 Å². The van der Waals surface area contributed by atoms with Gasteiger partial charge in [-0.2, -0.15) is 0 Å². The van der Waals surface area contributed by atoms with E-state index in [9.17, 15) is 13.2 Å². The molecule has 0 aliphatic carbocycles. The maximum atomic E-state index is 12.5. The third-order valence-electron chi connectivity index (χ3n) is 3.44. The van der Waals surface area contributed by atoms with E-state index in [2.05, 4.69) is 18.6 Å². The van der Waals surface area contributed by atoms with E-state index in [1.54, 1.807) is 18.2 Å². The van der Waals surface area contributed by atoms with Crippen LogP contribution in [0, 0.1) is 5.92 Å². The van der Waals surface area contributed by atoms with Gasteiger partial charge >= 0.3 is 6.36 Å². The SMILES string of the molecule is CCC(C)Cc1cccc2cccc(OC(F)(F)F)c12. The van der Waals surface area contributed by atoms with Gasteiger partial charge in [0.1, 0.15) is 5.75 Å². The first-order valence-corrected chi connectivity index (χ1v) is 6.67. The molecule has 0 aliphatic rings. The molecule has 0 N–H and O–H groups in total. The quantitative estimate of drug-likeness (QED) is 0.736. The third-order valence-corrected chi connectivity index (χ3v) is 3.44. The van der Waals surface area contributed by atoms with Gasteiger partial charge in [0.25, 0.3) is 0 Å². The smallest absolute Gasteiger partial charge is 0.405 e. The second-order valence-electron chi connectivity index (χ2n) is 5.04. The lowest BCUT2D eigenvalue weighted by molar-refractivity contribution is -0.274. The Morgan fingerprint density at radius 1 is 1.10 bits per heavy atom. The molecular weight excluding hydrogens is 265 g/mol. The second kappa shape index (κ2) is 5.73. The molecule has 0 bridgehead atoms. The van der Waals surface area contributed by atoms with Crippen LogP contribution in [0.25, 0.3) is 10.8 Å². The molecule has 0 amide bonds. The summed E-state index contributed by atoms with van der Waals surface area (Å²) in [7, 11) is 0. The summed E-state index contributed by atoms with van der Waals surface area (Å²) in [5.41, 5.74) is 0.900. The van der Waals surface area contributed by atoms with E-state index in [1.807, 2.05) is 12.1 Å². The van der Waals surface area contributed by atoms with Crippen LogP contribution in [-0.2, 0) is 6.42 Å². The van der Waals surface area contributed by atoms with Gasteiger partial charge in [-0.05, 0) is 29.4 Å². The minimum Gasteiger partial charge on any atom is -0.405 e. The zero-order chi connectivity index (χ0) is 14.8. The van der Waals surface area contributed by atoms with Crippen LogP contribution in [0.4, 0.5) is 13.2 Å². The molecule has 0 spiro atoms. The molecule has 1 nitrogen and oxygen atoms in total. The third kappa shape index (κ3) is 3.44. The summed E-state index contributed by atoms with van der Waals surface area (Å²) < 4.78 is 41.7. The Labute approximate surface area is 116 Å². The molecule has 0 aromatic heterocycles. The lowest BCUT2D eigenvalue weighted by atomic mass is 9.94. The Morgan fingerprint density at radius 2 is 1.75 bits per heavy atom. The average molecular weight is 282 g/mol. The van der Waals surface area contributed by atoms with Gasteiger partial charge in [0.05, 0.1) is 0 Å². The monoisotopic (exact) mass is 282 g/mol. The van der Waals surface area contributed by atoms with Crippen LogP contribution in [0.5, 0.6) is 5.75 Å². The van der Waals surface area contributed by atoms with Gasteiger partial charge in [0, 0.05) is 5.39 Å². The van der Waals surface area contributed by atoms with Gasteiger partial charge in [-0.3, -0.25) is 0 Å². The van der Waals surface area contributed by atoms with Gasteiger partial charge in [0.15, 0.2) is 0 Å². The number of halogens is 3. The van der Waals surface area contributed by atoms with Crippen LogP contribution in [-0.4, -0.2) is 6.36 Å². The van der Waals surface area contributed by atoms with E-state index >= 15 is 0 Å². The zero-order valence-corrected chi connectivity index (χ0v) is 11.5. The van der Waals surface area contributed by atoms with Crippen LogP contribution in [0.1, 0.15) is 25.8 Å². The fraction of sp³-hybridized carbons (Fsp3) is 0.375. The fourth-order valence-corrected chi connectivity index (χ4v) is 2.28. The number of ether oxygens (including phenoxy) is 1. The van der Waals surface area contributed by atoms with Crippen LogP contribution < -0.4 is 4.74 Å². The summed E-state index contributed by atoms with van der Waals surface area (Å²) in [5.74, 6) is 0.299. The Morgan fingerprint density at radius 3 is 2.35 bits per heavy atom. The number of alkyl halides is 3. The van der Waals surface area contributed by atoms with E-state index in [-0.39, 0.29) is 5.75 Å². The molecule has 0 radical (unpaired) electrons. The summed E-state index contributed by atoms with van der Waals surface area (Å²) in [5, 5.41) is 1.33. The molecule has 20 heavy (non-hydrogen) atoms. The van der Waals surface area contributed by atoms with Crippen LogP contribution >= 0.6 is 0 Å². The number of hydrogen-bond acceptors (Lipinski definition) is 1. The Hall–Kier alpha value is -1.71. The Bertz CT molecular complexity index is 585. The van der Waals surface area contributed by atoms with Crippen molar-refractivity contribution >= 4 is 10.8 Å². The molecule has 4 heteroatoms. The van der Waals surface area contributed by atoms with E-state index in [4.69, 9.17) is 0 Å². The van der Waals surface area contributed by atoms with Crippen molar-refractivity contribution in [2.24, 2.45) is 5.92 Å². The average Bonchev–Trinajstić information content (AvgIpc) is 2.37. The van der Waals surface area contributed by atoms with Gasteiger partial charge in [0.2, 0.25) is 0 Å². The Kier molecular flexibility index (Phi) is 4.21. The summed E-state index contributed by atoms with van der Waals surface area (Å²) in [6.07, 6.45) is -2.94. The second-order valence-corrected chi connectivity index (χ2v) is 5.04. The summed E-state index contributed by atoms with van der Waals surface area (Å²) in [4.78, 5) is 0. The number of hydrogen-bond donors (Lipinski definition) is 0. The van der Waals surface area contributed by atoms with E-state index in [0.29, 0.717) is 11.3 Å². The van der Waals surface area contributed by atoms with Crippen molar-refractivity contribution in [2.75, 3.05) is 0 Å². The van der Waals surface area contributed by atoms with Crippen molar-refractivity contribution in [1.82, 2.24) is 0 Å². The molecular formula is C16H17F3O. The van der Waals surface area contributed by atoms with Gasteiger partial charge in [-0.15, -0.1) is 13.2 Å². The molecule has 1 unspecified atom stereocenters. The van der Waals surface area contributed by atoms with Crippen molar-refractivity contribution in [3.05, 3.63) is 42.0 Å². The van der Waals surface area contributed by atoms with Crippen molar-refractivity contribution < 1.29 is 17.9 Å². The maximum Gasteiger partial charge on any atom is 0.573 e. The number of benzene rings is 2. The summed E-state index contributed by atoms with van der Waals surface area (Å²) in [6, 6.07) is 10.3. The lowest BCUT2D eigenvalue weighted by Crippen LogP contribution is -2.17. The Balaban J connectivity index is 2.52. The van der Waals surface area contributed by atoms with E-state index in [0.717, 1.165) is 23.8 Å². The molecule has 0 heterocycles. The summed E-state index contributed by atoms with van der Waals surface area (Å²) >= 11 is 0. The highest BCUT2D eigenvalue weighted by molar-refractivity contribution is 5.91. The molecule has 2 aromatic carbocycles. The standard InChI is InChI=1S/C16H17F3O/c1-3-11(2)10-13-8-4-6-12-7-5-9-14(15(12)13)20-16(17,18)19/h4-9,11H,3,10H2,1-2H3. The van der Waals surface area contributed by atoms with Crippen LogP contribution in [0.15, 0.2) is 36.4 Å². The lowest BCUT2D eigenvalue weighted by Gasteiger charge is -2.16. The van der Waals surface area contributed by atoms with Gasteiger partial charge in [-0.1, -0.05) is 50.6 Å². The van der Waals surface area contributed by atoms with Gasteiger partial charge in [-0.25, -0.2) is 0 Å². The molecule has 108 valence electrons. The first-order valence-electron chi connectivity index (χ1n) is 6.67. The normalized spacial score (nSPS) is 13.4. The highest BCUT2D eigenvalue weighted by Gasteiger charge is 2.32. The highest BCUT2D eigenvalue weighted by Crippen LogP contribution is 2.34. The topological polar surface area (TPSA) is 9.23 Å². The molecule has 0 aliphatic heterocycles.